The summed E-state index contributed by atoms with van der Waals surface area (Å²) in [5.41, 5.74) is 2.38. The fraction of sp³-hybridized carbons (Fsp3) is 0.500. The third kappa shape index (κ3) is 5.53. The van der Waals surface area contributed by atoms with Gasteiger partial charge < -0.3 is 10.6 Å². The number of aliphatic imine (C=N–C) groups is 1. The highest BCUT2D eigenvalue weighted by Crippen LogP contribution is 2.36. The SMILES string of the molecule is CCNC(=NCc1cnn(Cc2ccccc2)c1)NCC1(C)CCCS1. The molecule has 0 aliphatic carbocycles. The molecule has 0 saturated carbocycles. The van der Waals surface area contributed by atoms with Gasteiger partial charge in [0.05, 0.1) is 19.3 Å². The van der Waals surface area contributed by atoms with E-state index in [1.165, 1.54) is 24.2 Å². The van der Waals surface area contributed by atoms with Crippen LogP contribution in [0.1, 0.15) is 37.8 Å². The van der Waals surface area contributed by atoms with Crippen molar-refractivity contribution >= 4 is 17.7 Å². The summed E-state index contributed by atoms with van der Waals surface area (Å²) in [4.78, 5) is 4.73. The summed E-state index contributed by atoms with van der Waals surface area (Å²) < 4.78 is 2.30. The standard InChI is InChI=1S/C20H29N5S/c1-3-21-19(23-16-20(2)10-7-11-26-20)22-12-18-13-24-25(15-18)14-17-8-5-4-6-9-17/h4-6,8-9,13,15H,3,7,10-12,14,16H2,1-2H3,(H2,21,22,23). The number of hydrogen-bond acceptors (Lipinski definition) is 3. The molecular formula is C20H29N5S. The zero-order chi connectivity index (χ0) is 18.2. The van der Waals surface area contributed by atoms with Crippen molar-refractivity contribution in [3.8, 4) is 0 Å². The lowest BCUT2D eigenvalue weighted by Gasteiger charge is -2.24. The predicted molar refractivity (Wildman–Crippen MR) is 111 cm³/mol. The number of nitrogens with zero attached hydrogens (tertiary/aromatic N) is 3. The molecule has 6 heteroatoms. The zero-order valence-corrected chi connectivity index (χ0v) is 16.6. The molecule has 5 nitrogen and oxygen atoms in total. The molecular weight excluding hydrogens is 342 g/mol. The highest BCUT2D eigenvalue weighted by molar-refractivity contribution is 8.00. The normalized spacial score (nSPS) is 20.3. The molecule has 2 aromatic rings. The number of benzene rings is 1. The molecule has 26 heavy (non-hydrogen) atoms. The molecule has 3 rings (SSSR count). The van der Waals surface area contributed by atoms with Crippen molar-refractivity contribution in [3.05, 3.63) is 53.9 Å². The smallest absolute Gasteiger partial charge is 0.191 e. The van der Waals surface area contributed by atoms with E-state index < -0.39 is 0 Å². The summed E-state index contributed by atoms with van der Waals surface area (Å²) in [6, 6.07) is 10.4. The van der Waals surface area contributed by atoms with Crippen molar-refractivity contribution in [2.45, 2.75) is 44.5 Å². The maximum Gasteiger partial charge on any atom is 0.191 e. The van der Waals surface area contributed by atoms with Crippen LogP contribution in [-0.4, -0.2) is 39.3 Å². The molecule has 2 N–H and O–H groups in total. The topological polar surface area (TPSA) is 54.2 Å². The van der Waals surface area contributed by atoms with Crippen LogP contribution in [0.25, 0.3) is 0 Å². The Labute approximate surface area is 160 Å². The van der Waals surface area contributed by atoms with Crippen LogP contribution in [0.3, 0.4) is 0 Å². The molecule has 0 spiro atoms. The quantitative estimate of drug-likeness (QED) is 0.579. The van der Waals surface area contributed by atoms with E-state index in [1.807, 2.05) is 16.9 Å². The van der Waals surface area contributed by atoms with Crippen LogP contribution in [0, 0.1) is 0 Å². The molecule has 0 radical (unpaired) electrons. The van der Waals surface area contributed by atoms with E-state index in [1.54, 1.807) is 0 Å². The van der Waals surface area contributed by atoms with Gasteiger partial charge >= 0.3 is 0 Å². The van der Waals surface area contributed by atoms with E-state index in [-0.39, 0.29) is 0 Å². The van der Waals surface area contributed by atoms with Crippen molar-refractivity contribution in [1.29, 1.82) is 0 Å². The summed E-state index contributed by atoms with van der Waals surface area (Å²) in [6.07, 6.45) is 6.58. The van der Waals surface area contributed by atoms with E-state index in [0.29, 0.717) is 11.3 Å². The van der Waals surface area contributed by atoms with Crippen LogP contribution in [0.2, 0.25) is 0 Å². The first kappa shape index (κ1) is 18.8. The minimum atomic E-state index is 0.330. The number of aromatic nitrogens is 2. The number of rotatable bonds is 7. The van der Waals surface area contributed by atoms with Crippen LogP contribution in [0.15, 0.2) is 47.7 Å². The van der Waals surface area contributed by atoms with Gasteiger partial charge in [-0.1, -0.05) is 30.3 Å². The maximum absolute atomic E-state index is 4.73. The summed E-state index contributed by atoms with van der Waals surface area (Å²) >= 11 is 2.06. The number of nitrogens with one attached hydrogen (secondary N) is 2. The first-order valence-corrected chi connectivity index (χ1v) is 10.4. The summed E-state index contributed by atoms with van der Waals surface area (Å²) in [5, 5.41) is 11.3. The Hall–Kier alpha value is -1.95. The Morgan fingerprint density at radius 2 is 2.12 bits per heavy atom. The van der Waals surface area contributed by atoms with E-state index >= 15 is 0 Å². The minimum Gasteiger partial charge on any atom is -0.357 e. The van der Waals surface area contributed by atoms with Gasteiger partial charge in [-0.15, -0.1) is 0 Å². The van der Waals surface area contributed by atoms with Gasteiger partial charge in [-0.25, -0.2) is 4.99 Å². The van der Waals surface area contributed by atoms with Crippen LogP contribution in [0.5, 0.6) is 0 Å². The van der Waals surface area contributed by atoms with E-state index in [2.05, 4.69) is 71.8 Å². The molecule has 140 valence electrons. The Bertz CT molecular complexity index is 704. The average Bonchev–Trinajstić information content (AvgIpc) is 3.28. The fourth-order valence-electron chi connectivity index (χ4n) is 3.10. The molecule has 1 aromatic carbocycles. The first-order chi connectivity index (χ1) is 12.7. The molecule has 0 amide bonds. The average molecular weight is 372 g/mol. The highest BCUT2D eigenvalue weighted by Gasteiger charge is 2.29. The highest BCUT2D eigenvalue weighted by atomic mass is 32.2. The van der Waals surface area contributed by atoms with E-state index in [4.69, 9.17) is 4.99 Å². The van der Waals surface area contributed by atoms with E-state index in [0.717, 1.165) is 31.2 Å². The van der Waals surface area contributed by atoms with Crippen molar-refractivity contribution in [1.82, 2.24) is 20.4 Å². The third-order valence-electron chi connectivity index (χ3n) is 4.57. The Morgan fingerprint density at radius 1 is 1.27 bits per heavy atom. The van der Waals surface area contributed by atoms with Crippen molar-refractivity contribution in [2.24, 2.45) is 4.99 Å². The number of thioether (sulfide) groups is 1. The molecule has 2 heterocycles. The lowest BCUT2D eigenvalue weighted by molar-refractivity contribution is 0.584. The molecule has 1 atom stereocenters. The van der Waals surface area contributed by atoms with Gasteiger partial charge in [0, 0.05) is 29.6 Å². The molecule has 1 aliphatic heterocycles. The fourth-order valence-corrected chi connectivity index (χ4v) is 4.35. The third-order valence-corrected chi connectivity index (χ3v) is 6.11. The number of guanidine groups is 1. The second kappa shape index (κ2) is 9.12. The van der Waals surface area contributed by atoms with Crippen LogP contribution >= 0.6 is 11.8 Å². The van der Waals surface area contributed by atoms with Crippen LogP contribution < -0.4 is 10.6 Å². The Morgan fingerprint density at radius 3 is 2.85 bits per heavy atom. The maximum atomic E-state index is 4.73. The molecule has 1 unspecified atom stereocenters. The number of hydrogen-bond donors (Lipinski definition) is 2. The van der Waals surface area contributed by atoms with Gasteiger partial charge in [0.1, 0.15) is 0 Å². The van der Waals surface area contributed by atoms with Gasteiger partial charge in [0.2, 0.25) is 0 Å². The second-order valence-electron chi connectivity index (χ2n) is 6.98. The Balaban J connectivity index is 1.55. The van der Waals surface area contributed by atoms with Crippen LogP contribution in [-0.2, 0) is 13.1 Å². The van der Waals surface area contributed by atoms with Crippen molar-refractivity contribution < 1.29 is 0 Å². The largest absolute Gasteiger partial charge is 0.357 e. The molecule has 1 aliphatic rings. The second-order valence-corrected chi connectivity index (χ2v) is 8.66. The molecule has 0 bridgehead atoms. The van der Waals surface area contributed by atoms with Crippen molar-refractivity contribution in [2.75, 3.05) is 18.8 Å². The van der Waals surface area contributed by atoms with Crippen LogP contribution in [0.4, 0.5) is 0 Å². The summed E-state index contributed by atoms with van der Waals surface area (Å²) in [6.45, 7) is 7.68. The lowest BCUT2D eigenvalue weighted by atomic mass is 10.1. The van der Waals surface area contributed by atoms with Gasteiger partial charge in [-0.3, -0.25) is 4.68 Å². The van der Waals surface area contributed by atoms with Gasteiger partial charge in [-0.05, 0) is 38.0 Å². The van der Waals surface area contributed by atoms with Gasteiger partial charge in [-0.2, -0.15) is 16.9 Å². The van der Waals surface area contributed by atoms with Gasteiger partial charge in [0.25, 0.3) is 0 Å². The Kier molecular flexibility index (Phi) is 6.61. The molecule has 1 saturated heterocycles. The predicted octanol–water partition coefficient (Wildman–Crippen LogP) is 3.27. The van der Waals surface area contributed by atoms with Crippen molar-refractivity contribution in [3.63, 3.8) is 0 Å². The minimum absolute atomic E-state index is 0.330. The molecule has 1 fully saturated rings. The monoisotopic (exact) mass is 371 g/mol. The lowest BCUT2D eigenvalue weighted by Crippen LogP contribution is -2.43. The molecule has 1 aromatic heterocycles. The summed E-state index contributed by atoms with van der Waals surface area (Å²) in [5.74, 6) is 2.16. The van der Waals surface area contributed by atoms with E-state index in [9.17, 15) is 0 Å². The first-order valence-electron chi connectivity index (χ1n) is 9.38. The van der Waals surface area contributed by atoms with Gasteiger partial charge in [0.15, 0.2) is 5.96 Å². The summed E-state index contributed by atoms with van der Waals surface area (Å²) in [7, 11) is 0. The zero-order valence-electron chi connectivity index (χ0n) is 15.7.